The molecule has 24 heavy (non-hydrogen) atoms. The summed E-state index contributed by atoms with van der Waals surface area (Å²) in [7, 11) is 0. The number of piperidine rings is 1. The number of rotatable bonds is 2. The molecule has 2 amide bonds. The van der Waals surface area contributed by atoms with E-state index in [-0.39, 0.29) is 6.03 Å². The number of hydrogen-bond donors (Lipinski definition) is 1. The molecular weight excluding hydrogens is 322 g/mol. The third kappa shape index (κ3) is 3.27. The fraction of sp³-hybridized carbons (Fsp3) is 0.471. The molecule has 2 aromatic rings. The standard InChI is InChI=1S/C17H21N5OS/c23-17(22-11-10-21-9-5-4-8-14(21)12-22)19-16-18-15(20-24-16)13-6-2-1-3-7-13/h1-3,6-7,14H,4-5,8-12H2,(H,18,19,20,23). The van der Waals surface area contributed by atoms with Crippen molar-refractivity contribution in [1.29, 1.82) is 0 Å². The average Bonchev–Trinajstić information content (AvgIpc) is 3.10. The molecule has 6 nitrogen and oxygen atoms in total. The van der Waals surface area contributed by atoms with E-state index in [0.29, 0.717) is 17.0 Å². The van der Waals surface area contributed by atoms with Crippen LogP contribution in [0.3, 0.4) is 0 Å². The molecule has 0 saturated carbocycles. The number of amides is 2. The molecule has 1 aromatic carbocycles. The maximum absolute atomic E-state index is 12.5. The summed E-state index contributed by atoms with van der Waals surface area (Å²) in [6.45, 7) is 3.75. The Morgan fingerprint density at radius 1 is 1.17 bits per heavy atom. The Kier molecular flexibility index (Phi) is 4.44. The molecular formula is C17H21N5OS. The third-order valence-electron chi connectivity index (χ3n) is 4.80. The summed E-state index contributed by atoms with van der Waals surface area (Å²) in [6, 6.07) is 10.3. The lowest BCUT2D eigenvalue weighted by Crippen LogP contribution is -2.56. The first kappa shape index (κ1) is 15.5. The first-order chi connectivity index (χ1) is 11.8. The Hall–Kier alpha value is -1.99. The number of piperazine rings is 1. The highest BCUT2D eigenvalue weighted by atomic mass is 32.1. The van der Waals surface area contributed by atoms with E-state index < -0.39 is 0 Å². The van der Waals surface area contributed by atoms with Crippen LogP contribution < -0.4 is 5.32 Å². The predicted molar refractivity (Wildman–Crippen MR) is 95.1 cm³/mol. The Labute approximate surface area is 145 Å². The molecule has 2 aliphatic rings. The van der Waals surface area contributed by atoms with Gasteiger partial charge >= 0.3 is 6.03 Å². The maximum atomic E-state index is 12.5. The fourth-order valence-corrected chi connectivity index (χ4v) is 4.07. The van der Waals surface area contributed by atoms with Gasteiger partial charge in [0.25, 0.3) is 0 Å². The van der Waals surface area contributed by atoms with Gasteiger partial charge in [-0.2, -0.15) is 9.36 Å². The quantitative estimate of drug-likeness (QED) is 0.911. The molecule has 3 heterocycles. The van der Waals surface area contributed by atoms with Crippen molar-refractivity contribution in [3.8, 4) is 11.4 Å². The van der Waals surface area contributed by atoms with Gasteiger partial charge in [-0.05, 0) is 19.4 Å². The van der Waals surface area contributed by atoms with Crippen molar-refractivity contribution < 1.29 is 4.79 Å². The van der Waals surface area contributed by atoms with Gasteiger partial charge in [-0.1, -0.05) is 36.8 Å². The predicted octanol–water partition coefficient (Wildman–Crippen LogP) is 2.91. The Morgan fingerprint density at radius 3 is 2.92 bits per heavy atom. The van der Waals surface area contributed by atoms with E-state index in [4.69, 9.17) is 0 Å². The van der Waals surface area contributed by atoms with Crippen LogP contribution in [0.4, 0.5) is 9.93 Å². The fourth-order valence-electron chi connectivity index (χ4n) is 3.49. The van der Waals surface area contributed by atoms with Crippen molar-refractivity contribution >= 4 is 22.7 Å². The number of benzene rings is 1. The molecule has 1 N–H and O–H groups in total. The zero-order chi connectivity index (χ0) is 16.4. The summed E-state index contributed by atoms with van der Waals surface area (Å²) in [5.74, 6) is 0.660. The van der Waals surface area contributed by atoms with Crippen LogP contribution in [0, 0.1) is 0 Å². The van der Waals surface area contributed by atoms with Crippen LogP contribution in [0.1, 0.15) is 19.3 Å². The van der Waals surface area contributed by atoms with Crippen LogP contribution in [0.15, 0.2) is 30.3 Å². The second-order valence-corrected chi connectivity index (χ2v) is 7.10. The van der Waals surface area contributed by atoms with Crippen LogP contribution in [0.5, 0.6) is 0 Å². The molecule has 0 bridgehead atoms. The molecule has 4 rings (SSSR count). The van der Waals surface area contributed by atoms with Gasteiger partial charge in [0.05, 0.1) is 0 Å². The van der Waals surface area contributed by atoms with Crippen LogP contribution in [0.2, 0.25) is 0 Å². The van der Waals surface area contributed by atoms with Gasteiger partial charge in [0, 0.05) is 42.8 Å². The van der Waals surface area contributed by atoms with Crippen LogP contribution in [-0.2, 0) is 0 Å². The molecule has 126 valence electrons. The number of urea groups is 1. The minimum Gasteiger partial charge on any atom is -0.322 e. The summed E-state index contributed by atoms with van der Waals surface area (Å²) in [5, 5.41) is 3.47. The summed E-state index contributed by atoms with van der Waals surface area (Å²) >= 11 is 1.23. The van der Waals surface area contributed by atoms with Gasteiger partial charge < -0.3 is 4.90 Å². The largest absolute Gasteiger partial charge is 0.323 e. The van der Waals surface area contributed by atoms with E-state index in [2.05, 4.69) is 19.6 Å². The van der Waals surface area contributed by atoms with Crippen molar-refractivity contribution in [2.75, 3.05) is 31.5 Å². The van der Waals surface area contributed by atoms with Gasteiger partial charge in [-0.25, -0.2) is 4.79 Å². The van der Waals surface area contributed by atoms with Crippen LogP contribution in [0.25, 0.3) is 11.4 Å². The number of carbonyl (C=O) groups excluding carboxylic acids is 1. The molecule has 2 saturated heterocycles. The molecule has 2 aliphatic heterocycles. The monoisotopic (exact) mass is 343 g/mol. The third-order valence-corrected chi connectivity index (χ3v) is 5.43. The highest BCUT2D eigenvalue weighted by Gasteiger charge is 2.31. The van der Waals surface area contributed by atoms with E-state index in [0.717, 1.165) is 25.2 Å². The lowest BCUT2D eigenvalue weighted by molar-refractivity contribution is 0.0678. The zero-order valence-corrected chi connectivity index (χ0v) is 14.3. The second-order valence-electron chi connectivity index (χ2n) is 6.35. The second kappa shape index (κ2) is 6.86. The summed E-state index contributed by atoms with van der Waals surface area (Å²) in [6.07, 6.45) is 3.75. The molecule has 0 spiro atoms. The molecule has 7 heteroatoms. The summed E-state index contributed by atoms with van der Waals surface area (Å²) in [4.78, 5) is 21.4. The number of anilines is 1. The Bertz CT molecular complexity index is 704. The van der Waals surface area contributed by atoms with Crippen LogP contribution in [-0.4, -0.2) is 57.4 Å². The summed E-state index contributed by atoms with van der Waals surface area (Å²) < 4.78 is 4.34. The minimum atomic E-state index is -0.0593. The van der Waals surface area contributed by atoms with E-state index in [1.54, 1.807) is 0 Å². The van der Waals surface area contributed by atoms with Crippen molar-refractivity contribution in [2.45, 2.75) is 25.3 Å². The van der Waals surface area contributed by atoms with Gasteiger partial charge in [-0.3, -0.25) is 10.2 Å². The highest BCUT2D eigenvalue weighted by Crippen LogP contribution is 2.23. The number of fused-ring (bicyclic) bond motifs is 1. The molecule has 0 radical (unpaired) electrons. The van der Waals surface area contributed by atoms with Gasteiger partial charge in [0.15, 0.2) is 5.82 Å². The minimum absolute atomic E-state index is 0.0593. The van der Waals surface area contributed by atoms with E-state index in [1.807, 2.05) is 35.2 Å². The van der Waals surface area contributed by atoms with Crippen molar-refractivity contribution in [3.63, 3.8) is 0 Å². The number of hydrogen-bond acceptors (Lipinski definition) is 5. The van der Waals surface area contributed by atoms with Crippen molar-refractivity contribution in [1.82, 2.24) is 19.2 Å². The zero-order valence-electron chi connectivity index (χ0n) is 13.5. The van der Waals surface area contributed by atoms with Crippen LogP contribution >= 0.6 is 11.5 Å². The Balaban J connectivity index is 1.39. The average molecular weight is 343 g/mol. The highest BCUT2D eigenvalue weighted by molar-refractivity contribution is 7.10. The Morgan fingerprint density at radius 2 is 2.04 bits per heavy atom. The van der Waals surface area contributed by atoms with E-state index in [9.17, 15) is 4.79 Å². The van der Waals surface area contributed by atoms with Crippen molar-refractivity contribution in [2.24, 2.45) is 0 Å². The molecule has 2 fully saturated rings. The number of carbonyl (C=O) groups is 1. The lowest BCUT2D eigenvalue weighted by Gasteiger charge is -2.43. The molecule has 1 unspecified atom stereocenters. The molecule has 1 atom stereocenters. The van der Waals surface area contributed by atoms with Crippen molar-refractivity contribution in [3.05, 3.63) is 30.3 Å². The van der Waals surface area contributed by atoms with E-state index in [1.165, 1.54) is 37.3 Å². The number of nitrogens with zero attached hydrogens (tertiary/aromatic N) is 4. The molecule has 1 aromatic heterocycles. The van der Waals surface area contributed by atoms with Gasteiger partial charge in [0.1, 0.15) is 0 Å². The van der Waals surface area contributed by atoms with E-state index >= 15 is 0 Å². The smallest absolute Gasteiger partial charge is 0.322 e. The summed E-state index contributed by atoms with van der Waals surface area (Å²) in [5.41, 5.74) is 0.963. The first-order valence-electron chi connectivity index (χ1n) is 8.49. The first-order valence-corrected chi connectivity index (χ1v) is 9.26. The number of nitrogens with one attached hydrogen (secondary N) is 1. The number of aromatic nitrogens is 2. The van der Waals surface area contributed by atoms with Gasteiger partial charge in [0.2, 0.25) is 5.13 Å². The SMILES string of the molecule is O=C(Nc1nc(-c2ccccc2)ns1)N1CCN2CCCCC2C1. The maximum Gasteiger partial charge on any atom is 0.323 e. The normalized spacial score (nSPS) is 21.3. The topological polar surface area (TPSA) is 61.4 Å². The van der Waals surface area contributed by atoms with Gasteiger partial charge in [-0.15, -0.1) is 0 Å². The molecule has 0 aliphatic carbocycles. The lowest BCUT2D eigenvalue weighted by atomic mass is 10.00.